The quantitative estimate of drug-likeness (QED) is 0.528. The molecule has 2 aromatic carbocycles. The van der Waals surface area contributed by atoms with Gasteiger partial charge in [-0.1, -0.05) is 18.2 Å². The van der Waals surface area contributed by atoms with Crippen LogP contribution in [0.15, 0.2) is 36.4 Å². The van der Waals surface area contributed by atoms with E-state index in [-0.39, 0.29) is 36.3 Å². The number of fused-ring (bicyclic) bond motifs is 2. The van der Waals surface area contributed by atoms with E-state index in [2.05, 4.69) is 16.7 Å². The van der Waals surface area contributed by atoms with Crippen molar-refractivity contribution in [1.29, 1.82) is 0 Å². The number of para-hydroxylation sites is 1. The van der Waals surface area contributed by atoms with Crippen LogP contribution in [0.25, 0.3) is 0 Å². The number of aliphatic hydroxyl groups excluding tert-OH is 1. The van der Waals surface area contributed by atoms with Crippen LogP contribution in [0.2, 0.25) is 0 Å². The number of amides is 2. The first-order valence-electron chi connectivity index (χ1n) is 10.8. The van der Waals surface area contributed by atoms with Gasteiger partial charge in [0.25, 0.3) is 5.91 Å². The predicted octanol–water partition coefficient (Wildman–Crippen LogP) is 2.49. The Kier molecular flexibility index (Phi) is 6.08. The molecule has 0 aliphatic carbocycles. The summed E-state index contributed by atoms with van der Waals surface area (Å²) in [7, 11) is 0. The molecule has 0 saturated carbocycles. The fourth-order valence-electron chi connectivity index (χ4n) is 4.17. The Labute approximate surface area is 187 Å². The number of nitrogens with one attached hydrogen (secondary N) is 2. The fourth-order valence-corrected chi connectivity index (χ4v) is 4.17. The standard InChI is InChI=1S/C24H29N3O5/c1-24(2,9-10-27-19-6-4-3-5-15(19)7-8-22(27)31)25-13-20(29)17-11-16(28)12-18-23(17)32-14-21(30)26-18/h3-6,11-12,20,25,28-29H,7-10,13-14H2,1-2H3,(H,26,30). The molecule has 4 rings (SSSR count). The number of carbonyl (C=O) groups is 2. The summed E-state index contributed by atoms with van der Waals surface area (Å²) in [5.41, 5.74) is 2.55. The van der Waals surface area contributed by atoms with E-state index in [1.54, 1.807) is 0 Å². The van der Waals surface area contributed by atoms with Crippen molar-refractivity contribution in [2.75, 3.05) is 29.9 Å². The van der Waals surface area contributed by atoms with Gasteiger partial charge in [0.05, 0.1) is 11.8 Å². The number of carbonyl (C=O) groups excluding carboxylic acids is 2. The van der Waals surface area contributed by atoms with Gasteiger partial charge in [-0.05, 0) is 44.4 Å². The first kappa shape index (κ1) is 22.1. The molecule has 2 aliphatic heterocycles. The molecule has 0 saturated heterocycles. The molecule has 0 aromatic heterocycles. The highest BCUT2D eigenvalue weighted by Crippen LogP contribution is 2.38. The molecule has 0 radical (unpaired) electrons. The predicted molar refractivity (Wildman–Crippen MR) is 121 cm³/mol. The topological polar surface area (TPSA) is 111 Å². The van der Waals surface area contributed by atoms with Crippen LogP contribution in [0.4, 0.5) is 11.4 Å². The summed E-state index contributed by atoms with van der Waals surface area (Å²) in [5.74, 6) is 0.122. The van der Waals surface area contributed by atoms with Crippen LogP contribution in [0.5, 0.6) is 11.5 Å². The molecule has 8 nitrogen and oxygen atoms in total. The van der Waals surface area contributed by atoms with E-state index < -0.39 is 6.10 Å². The normalized spacial score (nSPS) is 16.7. The van der Waals surface area contributed by atoms with E-state index in [9.17, 15) is 19.8 Å². The number of aliphatic hydroxyl groups is 1. The van der Waals surface area contributed by atoms with Gasteiger partial charge in [-0.15, -0.1) is 0 Å². The van der Waals surface area contributed by atoms with Crippen molar-refractivity contribution in [2.24, 2.45) is 0 Å². The van der Waals surface area contributed by atoms with Crippen molar-refractivity contribution in [2.45, 2.75) is 44.8 Å². The van der Waals surface area contributed by atoms with Gasteiger partial charge in [0, 0.05) is 42.4 Å². The lowest BCUT2D eigenvalue weighted by atomic mass is 9.96. The third kappa shape index (κ3) is 4.71. The summed E-state index contributed by atoms with van der Waals surface area (Å²) in [6, 6.07) is 10.8. The van der Waals surface area contributed by atoms with Crippen molar-refractivity contribution in [1.82, 2.24) is 5.32 Å². The fraction of sp³-hybridized carbons (Fsp3) is 0.417. The Morgan fingerprint density at radius 3 is 2.81 bits per heavy atom. The Morgan fingerprint density at radius 2 is 2.00 bits per heavy atom. The molecule has 8 heteroatoms. The lowest BCUT2D eigenvalue weighted by Crippen LogP contribution is -2.46. The van der Waals surface area contributed by atoms with Crippen LogP contribution in [-0.4, -0.2) is 47.3 Å². The second-order valence-electron chi connectivity index (χ2n) is 8.95. The number of ether oxygens (including phenoxy) is 1. The van der Waals surface area contributed by atoms with Gasteiger partial charge in [-0.3, -0.25) is 9.59 Å². The van der Waals surface area contributed by atoms with Gasteiger partial charge in [0.2, 0.25) is 5.91 Å². The molecule has 2 aliphatic rings. The number of β-amino-alcohol motifs (C(OH)–C–C–N with tert-alkyl or cyclic N) is 1. The minimum absolute atomic E-state index is 0.0647. The zero-order valence-corrected chi connectivity index (χ0v) is 18.4. The van der Waals surface area contributed by atoms with Crippen LogP contribution in [-0.2, 0) is 16.0 Å². The summed E-state index contributed by atoms with van der Waals surface area (Å²) < 4.78 is 5.49. The number of anilines is 2. The lowest BCUT2D eigenvalue weighted by Gasteiger charge is -2.34. The summed E-state index contributed by atoms with van der Waals surface area (Å²) in [6.07, 6.45) is 1.02. The number of phenolic OH excluding ortho intramolecular Hbond substituents is 1. The molecule has 0 spiro atoms. The van der Waals surface area contributed by atoms with E-state index in [1.165, 1.54) is 17.7 Å². The van der Waals surface area contributed by atoms with Gasteiger partial charge in [0.15, 0.2) is 6.61 Å². The van der Waals surface area contributed by atoms with Crippen molar-refractivity contribution < 1.29 is 24.5 Å². The first-order valence-corrected chi connectivity index (χ1v) is 10.8. The van der Waals surface area contributed by atoms with Crippen molar-refractivity contribution >= 4 is 23.2 Å². The van der Waals surface area contributed by atoms with Crippen molar-refractivity contribution in [3.8, 4) is 11.5 Å². The minimum Gasteiger partial charge on any atom is -0.508 e. The van der Waals surface area contributed by atoms with Gasteiger partial charge in [-0.2, -0.15) is 0 Å². The van der Waals surface area contributed by atoms with E-state index in [1.807, 2.05) is 36.9 Å². The maximum Gasteiger partial charge on any atom is 0.262 e. The number of aromatic hydroxyl groups is 1. The molecule has 32 heavy (non-hydrogen) atoms. The van der Waals surface area contributed by atoms with Crippen LogP contribution in [0.1, 0.15) is 43.9 Å². The minimum atomic E-state index is -0.956. The first-order chi connectivity index (χ1) is 15.2. The molecule has 2 heterocycles. The number of nitrogens with zero attached hydrogens (tertiary/aromatic N) is 1. The smallest absolute Gasteiger partial charge is 0.262 e. The summed E-state index contributed by atoms with van der Waals surface area (Å²) >= 11 is 0. The molecule has 2 aromatic rings. The largest absolute Gasteiger partial charge is 0.508 e. The van der Waals surface area contributed by atoms with Crippen LogP contribution < -0.4 is 20.3 Å². The SMILES string of the molecule is CC(C)(CCN1C(=O)CCc2ccccc21)NCC(O)c1cc(O)cc2c1OCC(=O)N2. The Morgan fingerprint density at radius 1 is 1.22 bits per heavy atom. The van der Waals surface area contributed by atoms with Crippen LogP contribution in [0, 0.1) is 0 Å². The Balaban J connectivity index is 1.40. The van der Waals surface area contributed by atoms with E-state index in [4.69, 9.17) is 4.74 Å². The van der Waals surface area contributed by atoms with Crippen molar-refractivity contribution in [3.05, 3.63) is 47.5 Å². The molecule has 0 bridgehead atoms. The highest BCUT2D eigenvalue weighted by molar-refractivity contribution is 5.96. The molecule has 0 fully saturated rings. The zero-order chi connectivity index (χ0) is 22.9. The molecular formula is C24H29N3O5. The van der Waals surface area contributed by atoms with Gasteiger partial charge in [0.1, 0.15) is 11.5 Å². The number of hydrogen-bond donors (Lipinski definition) is 4. The van der Waals surface area contributed by atoms with E-state index in [0.29, 0.717) is 36.4 Å². The van der Waals surface area contributed by atoms with Crippen molar-refractivity contribution in [3.63, 3.8) is 0 Å². The Hall–Kier alpha value is -3.10. The number of phenols is 1. The summed E-state index contributed by atoms with van der Waals surface area (Å²) in [5, 5.41) is 26.8. The highest BCUT2D eigenvalue weighted by atomic mass is 16.5. The molecular weight excluding hydrogens is 410 g/mol. The number of benzene rings is 2. The number of aryl methyl sites for hydroxylation is 1. The lowest BCUT2D eigenvalue weighted by molar-refractivity contribution is -0.119. The van der Waals surface area contributed by atoms with Crippen LogP contribution >= 0.6 is 0 Å². The molecule has 4 N–H and O–H groups in total. The monoisotopic (exact) mass is 439 g/mol. The third-order valence-corrected chi connectivity index (χ3v) is 6.01. The maximum atomic E-state index is 12.5. The third-order valence-electron chi connectivity index (χ3n) is 6.01. The second kappa shape index (κ2) is 8.80. The van der Waals surface area contributed by atoms with E-state index in [0.717, 1.165) is 12.1 Å². The van der Waals surface area contributed by atoms with E-state index >= 15 is 0 Å². The van der Waals surface area contributed by atoms with Gasteiger partial charge >= 0.3 is 0 Å². The average molecular weight is 440 g/mol. The Bertz CT molecular complexity index is 1040. The molecule has 1 unspecified atom stereocenters. The second-order valence-corrected chi connectivity index (χ2v) is 8.95. The summed E-state index contributed by atoms with van der Waals surface area (Å²) in [6.45, 7) is 4.69. The molecule has 170 valence electrons. The summed E-state index contributed by atoms with van der Waals surface area (Å²) in [4.78, 5) is 25.9. The molecule has 1 atom stereocenters. The van der Waals surface area contributed by atoms with Gasteiger partial charge in [-0.25, -0.2) is 0 Å². The number of rotatable bonds is 7. The van der Waals surface area contributed by atoms with Crippen LogP contribution in [0.3, 0.4) is 0 Å². The number of hydrogen-bond acceptors (Lipinski definition) is 6. The zero-order valence-electron chi connectivity index (χ0n) is 18.4. The van der Waals surface area contributed by atoms with Gasteiger partial charge < -0.3 is 30.5 Å². The average Bonchev–Trinajstić information content (AvgIpc) is 2.76. The molecule has 2 amide bonds. The maximum absolute atomic E-state index is 12.5. The highest BCUT2D eigenvalue weighted by Gasteiger charge is 2.28.